The number of hydrogen-bond acceptors (Lipinski definition) is 3. The van der Waals surface area contributed by atoms with Gasteiger partial charge in [0.1, 0.15) is 5.82 Å². The third-order valence-electron chi connectivity index (χ3n) is 2.87. The molecule has 1 unspecified atom stereocenters. The molecule has 2 rings (SSSR count). The molecular formula is C14H15Cl2N3. The van der Waals surface area contributed by atoms with Gasteiger partial charge in [-0.15, -0.1) is 0 Å². The van der Waals surface area contributed by atoms with Crippen molar-refractivity contribution in [3.63, 3.8) is 0 Å². The first kappa shape index (κ1) is 14.3. The number of rotatable bonds is 4. The van der Waals surface area contributed by atoms with Crippen molar-refractivity contribution in [1.82, 2.24) is 15.3 Å². The first-order valence-corrected chi connectivity index (χ1v) is 6.78. The first-order chi connectivity index (χ1) is 9.06. The maximum absolute atomic E-state index is 6.02. The number of halogens is 2. The lowest BCUT2D eigenvalue weighted by atomic mass is 10.1. The first-order valence-electron chi connectivity index (χ1n) is 6.03. The molecule has 0 aliphatic rings. The fraction of sp³-hybridized carbons (Fsp3) is 0.286. The van der Waals surface area contributed by atoms with E-state index in [1.807, 2.05) is 31.2 Å². The van der Waals surface area contributed by atoms with Crippen molar-refractivity contribution >= 4 is 23.2 Å². The highest BCUT2D eigenvalue weighted by atomic mass is 35.5. The molecule has 3 nitrogen and oxygen atoms in total. The molecule has 100 valence electrons. The average molecular weight is 296 g/mol. The van der Waals surface area contributed by atoms with Gasteiger partial charge in [0.05, 0.1) is 15.7 Å². The van der Waals surface area contributed by atoms with Crippen molar-refractivity contribution in [2.24, 2.45) is 0 Å². The van der Waals surface area contributed by atoms with Gasteiger partial charge in [-0.25, -0.2) is 9.97 Å². The lowest BCUT2D eigenvalue weighted by Gasteiger charge is -2.14. The Balaban J connectivity index is 2.01. The Hall–Kier alpha value is -1.16. The molecule has 0 aliphatic carbocycles. The largest absolute Gasteiger partial charge is 0.305 e. The molecule has 0 fully saturated rings. The van der Waals surface area contributed by atoms with Crippen LogP contribution in [0.25, 0.3) is 0 Å². The summed E-state index contributed by atoms with van der Waals surface area (Å²) >= 11 is 11.9. The summed E-state index contributed by atoms with van der Waals surface area (Å²) in [5.41, 5.74) is 2.07. The van der Waals surface area contributed by atoms with Gasteiger partial charge in [-0.1, -0.05) is 29.3 Å². The predicted octanol–water partition coefficient (Wildman–Crippen LogP) is 3.94. The summed E-state index contributed by atoms with van der Waals surface area (Å²) in [5.74, 6) is 0.779. The van der Waals surface area contributed by atoms with Crippen molar-refractivity contribution < 1.29 is 0 Å². The summed E-state index contributed by atoms with van der Waals surface area (Å²) in [4.78, 5) is 8.43. The van der Waals surface area contributed by atoms with Crippen LogP contribution in [0.3, 0.4) is 0 Å². The van der Waals surface area contributed by atoms with E-state index in [4.69, 9.17) is 23.2 Å². The third kappa shape index (κ3) is 3.90. The van der Waals surface area contributed by atoms with Crippen molar-refractivity contribution in [3.8, 4) is 0 Å². The zero-order chi connectivity index (χ0) is 13.8. The van der Waals surface area contributed by atoms with Crippen LogP contribution in [0.4, 0.5) is 0 Å². The predicted molar refractivity (Wildman–Crippen MR) is 78.5 cm³/mol. The summed E-state index contributed by atoms with van der Waals surface area (Å²) in [6.07, 6.45) is 1.77. The van der Waals surface area contributed by atoms with Crippen LogP contribution in [0, 0.1) is 6.92 Å². The number of aromatic nitrogens is 2. The standard InChI is InChI=1S/C14H15Cl2N3/c1-9(11-3-4-13(15)14(16)7-11)18-8-12-5-6-17-10(2)19-12/h3-7,9,18H,8H2,1-2H3. The van der Waals surface area contributed by atoms with E-state index in [1.165, 1.54) is 0 Å². The SMILES string of the molecule is Cc1nccc(CNC(C)c2ccc(Cl)c(Cl)c2)n1. The lowest BCUT2D eigenvalue weighted by molar-refractivity contribution is 0.566. The second kappa shape index (κ2) is 6.33. The molecule has 0 spiro atoms. The van der Waals surface area contributed by atoms with E-state index < -0.39 is 0 Å². The monoisotopic (exact) mass is 295 g/mol. The zero-order valence-corrected chi connectivity index (χ0v) is 12.3. The Morgan fingerprint density at radius 2 is 2.00 bits per heavy atom. The lowest BCUT2D eigenvalue weighted by Crippen LogP contribution is -2.19. The van der Waals surface area contributed by atoms with E-state index in [1.54, 1.807) is 6.20 Å². The fourth-order valence-electron chi connectivity index (χ4n) is 1.76. The van der Waals surface area contributed by atoms with Gasteiger partial charge in [0.2, 0.25) is 0 Å². The topological polar surface area (TPSA) is 37.8 Å². The minimum absolute atomic E-state index is 0.171. The molecule has 1 heterocycles. The number of benzene rings is 1. The van der Waals surface area contributed by atoms with Gasteiger partial charge in [0.25, 0.3) is 0 Å². The van der Waals surface area contributed by atoms with E-state index in [2.05, 4.69) is 22.2 Å². The van der Waals surface area contributed by atoms with Crippen molar-refractivity contribution in [3.05, 3.63) is 57.6 Å². The highest BCUT2D eigenvalue weighted by Gasteiger charge is 2.07. The zero-order valence-electron chi connectivity index (χ0n) is 10.8. The Labute approximate surface area is 123 Å². The molecule has 0 amide bonds. The number of nitrogens with one attached hydrogen (secondary N) is 1. The third-order valence-corrected chi connectivity index (χ3v) is 3.61. The van der Waals surface area contributed by atoms with E-state index >= 15 is 0 Å². The highest BCUT2D eigenvalue weighted by Crippen LogP contribution is 2.25. The van der Waals surface area contributed by atoms with Gasteiger partial charge in [-0.3, -0.25) is 0 Å². The maximum atomic E-state index is 6.02. The highest BCUT2D eigenvalue weighted by molar-refractivity contribution is 6.42. The van der Waals surface area contributed by atoms with Crippen molar-refractivity contribution in [2.75, 3.05) is 0 Å². The second-order valence-electron chi connectivity index (χ2n) is 4.37. The van der Waals surface area contributed by atoms with Crippen LogP contribution in [-0.2, 0) is 6.54 Å². The maximum Gasteiger partial charge on any atom is 0.125 e. The fourth-order valence-corrected chi connectivity index (χ4v) is 2.07. The molecule has 0 aliphatic heterocycles. The van der Waals surface area contributed by atoms with Gasteiger partial charge in [0.15, 0.2) is 0 Å². The van der Waals surface area contributed by atoms with Crippen molar-refractivity contribution in [2.45, 2.75) is 26.4 Å². The normalized spacial score (nSPS) is 12.4. The van der Waals surface area contributed by atoms with Crippen LogP contribution in [0.5, 0.6) is 0 Å². The van der Waals surface area contributed by atoms with Crippen molar-refractivity contribution in [1.29, 1.82) is 0 Å². The van der Waals surface area contributed by atoms with E-state index in [0.717, 1.165) is 17.1 Å². The molecule has 5 heteroatoms. The molecule has 2 aromatic rings. The van der Waals surface area contributed by atoms with Crippen LogP contribution in [0.2, 0.25) is 10.0 Å². The van der Waals surface area contributed by atoms with Crippen LogP contribution in [0.15, 0.2) is 30.5 Å². The van der Waals surface area contributed by atoms with Crippen LogP contribution in [0.1, 0.15) is 30.0 Å². The molecule has 0 saturated heterocycles. The number of aryl methyl sites for hydroxylation is 1. The van der Waals surface area contributed by atoms with E-state index in [-0.39, 0.29) is 6.04 Å². The quantitative estimate of drug-likeness (QED) is 0.928. The van der Waals surface area contributed by atoms with Gasteiger partial charge < -0.3 is 5.32 Å². The Kier molecular flexibility index (Phi) is 4.75. The van der Waals surface area contributed by atoms with Gasteiger partial charge >= 0.3 is 0 Å². The van der Waals surface area contributed by atoms with Crippen LogP contribution >= 0.6 is 23.2 Å². The molecule has 1 atom stereocenters. The molecule has 0 radical (unpaired) electrons. The van der Waals surface area contributed by atoms with Gasteiger partial charge in [-0.05, 0) is 37.6 Å². The van der Waals surface area contributed by atoms with Crippen LogP contribution in [-0.4, -0.2) is 9.97 Å². The summed E-state index contributed by atoms with van der Waals surface area (Å²) in [5, 5.41) is 4.54. The second-order valence-corrected chi connectivity index (χ2v) is 5.19. The Morgan fingerprint density at radius 1 is 1.21 bits per heavy atom. The molecule has 0 bridgehead atoms. The summed E-state index contributed by atoms with van der Waals surface area (Å²) in [6, 6.07) is 7.74. The summed E-state index contributed by atoms with van der Waals surface area (Å²) < 4.78 is 0. The Bertz CT molecular complexity index is 572. The van der Waals surface area contributed by atoms with E-state index in [9.17, 15) is 0 Å². The summed E-state index contributed by atoms with van der Waals surface area (Å²) in [7, 11) is 0. The Morgan fingerprint density at radius 3 is 2.68 bits per heavy atom. The average Bonchev–Trinajstić information content (AvgIpc) is 2.39. The smallest absolute Gasteiger partial charge is 0.125 e. The van der Waals surface area contributed by atoms with Gasteiger partial charge in [-0.2, -0.15) is 0 Å². The molecule has 0 saturated carbocycles. The molecule has 1 aromatic carbocycles. The number of hydrogen-bond donors (Lipinski definition) is 1. The van der Waals surface area contributed by atoms with E-state index in [0.29, 0.717) is 16.6 Å². The molecule has 1 aromatic heterocycles. The number of nitrogens with zero attached hydrogens (tertiary/aromatic N) is 2. The minimum Gasteiger partial charge on any atom is -0.305 e. The van der Waals surface area contributed by atoms with Gasteiger partial charge in [0, 0.05) is 18.8 Å². The molecular weight excluding hydrogens is 281 g/mol. The molecule has 19 heavy (non-hydrogen) atoms. The van der Waals surface area contributed by atoms with Crippen LogP contribution < -0.4 is 5.32 Å². The summed E-state index contributed by atoms with van der Waals surface area (Å²) in [6.45, 7) is 4.64. The molecule has 1 N–H and O–H groups in total. The minimum atomic E-state index is 0.171.